The van der Waals surface area contributed by atoms with Crippen molar-refractivity contribution in [1.82, 2.24) is 107 Å². The Morgan fingerprint density at radius 1 is 0.279 bits per heavy atom. The SMILES string of the molecule is NCCCC[C@H](NC(=O)[C@@H]1C[C@@H](O)CN1C(=O)CNC(=O)[C@@H]1CCCN1C(=O)[C@@H]1C[C@@H](O)CN1C(=O)CNC(=O)[C@@H]1CCCN1C(=O)[C@@H]1C[C@@H](O)CN1C(=O)CNC(=O)[C@@H]1CCCN1C(=O)[C@@H]1C[C@@H](O)CN1C(=O)CNC(=O)[C@@H]1CCCN1C(=O)[C@@H]1C[C@@H](O)CN1)C(=O)NCC(=O)N1C[C@H](O)C[C@H]1C(=O)N1CCC[C@H]1C(=O)NCC(=O)N1C[C@H](O)C[C@H]1C(=O)N1CCC[C@H]1C(=O)NCC(=O)O. The molecule has 13 aliphatic heterocycles. The van der Waals surface area contributed by atoms with Crippen LogP contribution in [-0.4, -0.2) is 489 Å². The molecule has 13 aliphatic rings. The van der Waals surface area contributed by atoms with E-state index >= 15 is 0 Å². The van der Waals surface area contributed by atoms with Crippen molar-refractivity contribution in [2.24, 2.45) is 5.73 Å². The Morgan fingerprint density at radius 3 is 0.772 bits per heavy atom. The number of unbranched alkanes of at least 4 members (excludes halogenated alkanes) is 1. The highest BCUT2D eigenvalue weighted by Crippen LogP contribution is 2.34. The molecule has 51 heteroatoms. The first-order chi connectivity index (χ1) is 64.9. The fourth-order valence-electron chi connectivity index (χ4n) is 21.4. The molecule has 21 atom stereocenters. The molecule has 51 nitrogen and oxygen atoms in total. The van der Waals surface area contributed by atoms with Crippen LogP contribution < -0.4 is 53.6 Å². The highest BCUT2D eigenvalue weighted by atomic mass is 16.4. The molecule has 0 radical (unpaired) electrons. The summed E-state index contributed by atoms with van der Waals surface area (Å²) in [6.07, 6.45) is -5.21. The number of aliphatic hydroxyl groups is 7. The first-order valence-corrected chi connectivity index (χ1v) is 47.2. The summed E-state index contributed by atoms with van der Waals surface area (Å²) in [5.74, 6) is -16.0. The minimum Gasteiger partial charge on any atom is -0.480 e. The van der Waals surface area contributed by atoms with E-state index in [4.69, 9.17) is 10.8 Å². The van der Waals surface area contributed by atoms with Crippen molar-refractivity contribution < 1.29 is 142 Å². The van der Waals surface area contributed by atoms with Crippen LogP contribution >= 0.6 is 0 Å². The van der Waals surface area contributed by atoms with E-state index in [1.807, 2.05) is 0 Å². The average molecular weight is 1920 g/mol. The largest absolute Gasteiger partial charge is 0.480 e. The van der Waals surface area contributed by atoms with Crippen molar-refractivity contribution in [3.8, 4) is 0 Å². The maximum Gasteiger partial charge on any atom is 0.322 e. The van der Waals surface area contributed by atoms with Crippen molar-refractivity contribution in [1.29, 1.82) is 0 Å². The normalized spacial score (nSPS) is 30.0. The third-order valence-corrected chi connectivity index (χ3v) is 28.2. The molecular weight excluding hydrogens is 1790 g/mol. The molecule has 0 spiro atoms. The Hall–Kier alpha value is -11.5. The Bertz CT molecular complexity index is 4590. The molecule has 136 heavy (non-hydrogen) atoms. The number of aliphatic hydroxyl groups excluding tert-OH is 7. The van der Waals surface area contributed by atoms with Crippen LogP contribution in [-0.2, 0) is 101 Å². The van der Waals surface area contributed by atoms with E-state index in [-0.39, 0.29) is 187 Å². The molecule has 0 bridgehead atoms. The van der Waals surface area contributed by atoms with Crippen LogP contribution in [0.3, 0.4) is 0 Å². The number of β-amino-alcohol motifs (C(OH)–C–C–N with tert-alkyl or cyclic N) is 7. The van der Waals surface area contributed by atoms with E-state index in [9.17, 15) is 136 Å². The van der Waals surface area contributed by atoms with Crippen LogP contribution in [0.4, 0.5) is 0 Å². The van der Waals surface area contributed by atoms with Crippen molar-refractivity contribution in [3.63, 3.8) is 0 Å². The van der Waals surface area contributed by atoms with Gasteiger partial charge in [-0.25, -0.2) is 0 Å². The molecular formula is C85H126N22O29. The molecule has 19 N–H and O–H groups in total. The average Bonchev–Trinajstić information content (AvgIpc) is 1.67. The third kappa shape index (κ3) is 23.5. The summed E-state index contributed by atoms with van der Waals surface area (Å²) in [7, 11) is 0. The number of carbonyl (C=O) groups is 21. The van der Waals surface area contributed by atoms with Gasteiger partial charge in [0.05, 0.1) is 88.0 Å². The summed E-state index contributed by atoms with van der Waals surface area (Å²) in [6.45, 7) is -5.77. The molecule has 0 aromatic carbocycles. The minimum atomic E-state index is -1.41. The number of likely N-dealkylation sites (tertiary alicyclic amines) is 12. The summed E-state index contributed by atoms with van der Waals surface area (Å²) in [6, 6.07) is -16.4. The zero-order valence-electron chi connectivity index (χ0n) is 75.6. The van der Waals surface area contributed by atoms with E-state index in [1.54, 1.807) is 0 Å². The van der Waals surface area contributed by atoms with E-state index in [2.05, 4.69) is 47.9 Å². The predicted molar refractivity (Wildman–Crippen MR) is 461 cm³/mol. The van der Waals surface area contributed by atoms with Crippen molar-refractivity contribution in [2.45, 2.75) is 269 Å². The van der Waals surface area contributed by atoms with Gasteiger partial charge in [0.1, 0.15) is 85.1 Å². The fraction of sp³-hybridized carbons (Fsp3) is 0.753. The molecule has 750 valence electrons. The van der Waals surface area contributed by atoms with Crippen LogP contribution in [0.15, 0.2) is 0 Å². The number of nitrogens with one attached hydrogen (secondary N) is 9. The molecule has 0 aromatic rings. The number of rotatable bonds is 33. The van der Waals surface area contributed by atoms with Crippen LogP contribution in [0.1, 0.15) is 141 Å². The van der Waals surface area contributed by atoms with Gasteiger partial charge in [-0.15, -0.1) is 0 Å². The molecule has 13 heterocycles. The summed E-state index contributed by atoms with van der Waals surface area (Å²) in [5.41, 5.74) is 5.77. The summed E-state index contributed by atoms with van der Waals surface area (Å²) in [5, 5.41) is 107. The topological polar surface area (TPSA) is 693 Å². The summed E-state index contributed by atoms with van der Waals surface area (Å²) >= 11 is 0. The Balaban J connectivity index is 0.542. The lowest BCUT2D eigenvalue weighted by molar-refractivity contribution is -0.148. The number of hydrogen-bond acceptors (Lipinski definition) is 30. The van der Waals surface area contributed by atoms with Gasteiger partial charge in [-0.05, 0) is 109 Å². The predicted octanol–water partition coefficient (Wildman–Crippen LogP) is -14.1. The van der Waals surface area contributed by atoms with Gasteiger partial charge in [0, 0.05) is 124 Å². The Morgan fingerprint density at radius 2 is 0.522 bits per heavy atom. The maximum absolute atomic E-state index is 14.5. The van der Waals surface area contributed by atoms with Crippen LogP contribution in [0.5, 0.6) is 0 Å². The molecule has 13 fully saturated rings. The lowest BCUT2D eigenvalue weighted by Crippen LogP contribution is -2.57. The summed E-state index contributed by atoms with van der Waals surface area (Å²) < 4.78 is 0. The molecule has 0 saturated carbocycles. The minimum absolute atomic E-state index is 0.00670. The van der Waals surface area contributed by atoms with Gasteiger partial charge in [0.15, 0.2) is 0 Å². The lowest BCUT2D eigenvalue weighted by atomic mass is 10.1. The monoisotopic (exact) mass is 1920 g/mol. The number of carbonyl (C=O) groups excluding carboxylic acids is 20. The van der Waals surface area contributed by atoms with Crippen molar-refractivity contribution in [2.75, 3.05) is 137 Å². The van der Waals surface area contributed by atoms with E-state index in [0.29, 0.717) is 51.5 Å². The van der Waals surface area contributed by atoms with E-state index in [0.717, 1.165) is 29.4 Å². The van der Waals surface area contributed by atoms with Gasteiger partial charge < -0.3 is 153 Å². The van der Waals surface area contributed by atoms with Crippen LogP contribution in [0.25, 0.3) is 0 Å². The molecule has 13 rings (SSSR count). The van der Waals surface area contributed by atoms with Crippen molar-refractivity contribution >= 4 is 124 Å². The molecule has 0 aliphatic carbocycles. The van der Waals surface area contributed by atoms with Crippen LogP contribution in [0, 0.1) is 0 Å². The van der Waals surface area contributed by atoms with Gasteiger partial charge in [-0.3, -0.25) is 101 Å². The fourth-order valence-corrected chi connectivity index (χ4v) is 21.4. The van der Waals surface area contributed by atoms with Crippen LogP contribution in [0.2, 0.25) is 0 Å². The van der Waals surface area contributed by atoms with E-state index in [1.165, 1.54) is 29.4 Å². The van der Waals surface area contributed by atoms with Gasteiger partial charge in [0.2, 0.25) is 118 Å². The first-order valence-electron chi connectivity index (χ1n) is 47.2. The molecule has 13 saturated heterocycles. The number of nitrogens with two attached hydrogens (primary N) is 1. The zero-order valence-corrected chi connectivity index (χ0v) is 75.6. The molecule has 20 amide bonds. The second-order valence-corrected chi connectivity index (χ2v) is 37.5. The Labute approximate surface area is 780 Å². The number of nitrogens with zero attached hydrogens (tertiary/aromatic N) is 12. The van der Waals surface area contributed by atoms with Gasteiger partial charge in [-0.1, -0.05) is 0 Å². The highest BCUT2D eigenvalue weighted by Gasteiger charge is 2.54. The van der Waals surface area contributed by atoms with Crippen molar-refractivity contribution in [3.05, 3.63) is 0 Å². The lowest BCUT2D eigenvalue weighted by Gasteiger charge is -2.32. The standard InChI is InChI=1S/C85H126N22O29/c86-16-2-1-9-51(72(123)88-31-66(116)103-39-46(110)25-60(103)81(132)98-19-5-12-55(98)75(126)93-36-70(120)107-43-50(114)29-64(107)85(136)101-22-8-15-58(101)78(129)94-37-71(121)122)95-79(130)59-24-45(109)38-102(59)65(115)32-89-74(125)54-11-4-18-97(54)82(133)62-27-48(112)41-105(62)68(118)34-91-77(128)57-14-7-21-100(57)84(135)63-28-49(113)42-106(63)69(119)35-92-76(127)56-13-6-20-99(56)83(134)61-26-47(111)40-104(61)67(117)33-90-73(124)53-10-3-17-96(53)80(131)52-23-44(108)30-87-52/h44-64,87,108-114H,1-43,86H2,(H,88,123)(H,89,125)(H,90,124)(H,91,128)(H,92,127)(H,93,126)(H,94,129)(H,95,130)(H,121,122)/t44-,45-,46-,47-,48-,49-,50-,51+,52+,53+,54+,55+,56+,57+,58+,59+,60+,61+,62+,63+,64+/m1/s1. The molecule has 0 aromatic heterocycles. The van der Waals surface area contributed by atoms with E-state index < -0.39 is 291 Å². The smallest absolute Gasteiger partial charge is 0.322 e. The molecule has 0 unspecified atom stereocenters. The summed E-state index contributed by atoms with van der Waals surface area (Å²) in [4.78, 5) is 304. The highest BCUT2D eigenvalue weighted by molar-refractivity contribution is 6.02. The maximum atomic E-state index is 14.5. The second-order valence-electron chi connectivity index (χ2n) is 37.5. The zero-order chi connectivity index (χ0) is 97.9. The first kappa shape index (κ1) is 102. The number of carboxylic acids is 1. The third-order valence-electron chi connectivity index (χ3n) is 28.2. The van der Waals surface area contributed by atoms with Gasteiger partial charge in [0.25, 0.3) is 0 Å². The number of aliphatic carboxylic acids is 1. The van der Waals surface area contributed by atoms with Gasteiger partial charge in [-0.2, -0.15) is 0 Å². The number of amides is 20. The number of carboxylic acid groups (broad SMARTS) is 1. The number of hydrogen-bond donors (Lipinski definition) is 18. The second kappa shape index (κ2) is 45.2. The van der Waals surface area contributed by atoms with Gasteiger partial charge >= 0.3 is 5.97 Å². The Kier molecular flexibility index (Phi) is 33.9. The quantitative estimate of drug-likeness (QED) is 0.0271.